The van der Waals surface area contributed by atoms with Gasteiger partial charge in [-0.15, -0.1) is 0 Å². The van der Waals surface area contributed by atoms with Crippen molar-refractivity contribution in [3.05, 3.63) is 28.8 Å². The summed E-state index contributed by atoms with van der Waals surface area (Å²) in [6.07, 6.45) is 2.46. The second-order valence-corrected chi connectivity index (χ2v) is 6.93. The maximum atomic E-state index is 5.67. The van der Waals surface area contributed by atoms with Crippen molar-refractivity contribution in [1.82, 2.24) is 5.32 Å². The third kappa shape index (κ3) is 3.01. The van der Waals surface area contributed by atoms with E-state index >= 15 is 0 Å². The van der Waals surface area contributed by atoms with Gasteiger partial charge in [0.15, 0.2) is 0 Å². The van der Waals surface area contributed by atoms with E-state index in [1.165, 1.54) is 23.1 Å². The van der Waals surface area contributed by atoms with Crippen LogP contribution in [0.5, 0.6) is 5.75 Å². The van der Waals surface area contributed by atoms with Crippen LogP contribution in [0, 0.1) is 25.2 Å². The van der Waals surface area contributed by atoms with Crippen molar-refractivity contribution in [2.45, 2.75) is 53.5 Å². The molecular formula is C18H29NO. The Morgan fingerprint density at radius 1 is 1.35 bits per heavy atom. The summed E-state index contributed by atoms with van der Waals surface area (Å²) in [6.45, 7) is 12.4. The molecule has 0 amide bonds. The second kappa shape index (κ2) is 5.77. The minimum Gasteiger partial charge on any atom is -0.496 e. The highest BCUT2D eigenvalue weighted by Crippen LogP contribution is 2.59. The molecule has 0 spiro atoms. The Hall–Kier alpha value is -1.02. The van der Waals surface area contributed by atoms with Gasteiger partial charge in [-0.1, -0.05) is 26.8 Å². The zero-order valence-electron chi connectivity index (χ0n) is 13.8. The van der Waals surface area contributed by atoms with Gasteiger partial charge in [-0.2, -0.15) is 0 Å². The average Bonchev–Trinajstić information content (AvgIpc) is 3.00. The third-order valence-electron chi connectivity index (χ3n) is 4.63. The summed E-state index contributed by atoms with van der Waals surface area (Å²) in [5, 5.41) is 3.76. The topological polar surface area (TPSA) is 21.3 Å². The van der Waals surface area contributed by atoms with Crippen molar-refractivity contribution >= 4 is 0 Å². The molecule has 0 aromatic heterocycles. The SMILES string of the molecule is CCCNC(c1c(C)cc(C)cc1OC)C1CC1(C)C. The highest BCUT2D eigenvalue weighted by atomic mass is 16.5. The molecule has 2 atom stereocenters. The number of ether oxygens (including phenoxy) is 1. The summed E-state index contributed by atoms with van der Waals surface area (Å²) in [5.74, 6) is 1.75. The first-order valence-electron chi connectivity index (χ1n) is 7.79. The van der Waals surface area contributed by atoms with Crippen molar-refractivity contribution in [2.24, 2.45) is 11.3 Å². The molecule has 1 N–H and O–H groups in total. The lowest BCUT2D eigenvalue weighted by molar-refractivity contribution is 0.373. The van der Waals surface area contributed by atoms with Gasteiger partial charge in [-0.05, 0) is 61.8 Å². The van der Waals surface area contributed by atoms with E-state index in [4.69, 9.17) is 4.74 Å². The van der Waals surface area contributed by atoms with Gasteiger partial charge in [0.25, 0.3) is 0 Å². The molecule has 0 saturated heterocycles. The first-order chi connectivity index (χ1) is 9.40. The zero-order chi connectivity index (χ0) is 14.9. The Balaban J connectivity index is 2.38. The van der Waals surface area contributed by atoms with E-state index < -0.39 is 0 Å². The Morgan fingerprint density at radius 2 is 2.00 bits per heavy atom. The molecule has 1 aromatic carbocycles. The number of nitrogens with one attached hydrogen (secondary N) is 1. The van der Waals surface area contributed by atoms with Crippen LogP contribution in [0.25, 0.3) is 0 Å². The predicted molar refractivity (Wildman–Crippen MR) is 85.4 cm³/mol. The molecule has 1 aromatic rings. The number of benzene rings is 1. The molecule has 0 radical (unpaired) electrons. The number of rotatable bonds is 6. The van der Waals surface area contributed by atoms with Gasteiger partial charge in [0.05, 0.1) is 7.11 Å². The summed E-state index contributed by atoms with van der Waals surface area (Å²) in [5.41, 5.74) is 4.43. The summed E-state index contributed by atoms with van der Waals surface area (Å²) < 4.78 is 5.67. The van der Waals surface area contributed by atoms with Crippen LogP contribution in [0.1, 0.15) is 56.3 Å². The van der Waals surface area contributed by atoms with Crippen LogP contribution >= 0.6 is 0 Å². The molecule has 2 nitrogen and oxygen atoms in total. The fourth-order valence-corrected chi connectivity index (χ4v) is 3.33. The van der Waals surface area contributed by atoms with Crippen molar-refractivity contribution in [2.75, 3.05) is 13.7 Å². The minimum absolute atomic E-state index is 0.417. The van der Waals surface area contributed by atoms with Gasteiger partial charge in [-0.3, -0.25) is 0 Å². The molecule has 2 unspecified atom stereocenters. The van der Waals surface area contributed by atoms with Crippen LogP contribution in [-0.2, 0) is 0 Å². The number of hydrogen-bond donors (Lipinski definition) is 1. The second-order valence-electron chi connectivity index (χ2n) is 6.93. The van der Waals surface area contributed by atoms with Crippen molar-refractivity contribution < 1.29 is 4.74 Å². The van der Waals surface area contributed by atoms with Gasteiger partial charge in [0.2, 0.25) is 0 Å². The lowest BCUT2D eigenvalue weighted by Gasteiger charge is -2.25. The molecule has 0 bridgehead atoms. The molecule has 112 valence electrons. The van der Waals surface area contributed by atoms with Crippen molar-refractivity contribution in [3.8, 4) is 5.75 Å². The van der Waals surface area contributed by atoms with E-state index in [0.717, 1.165) is 18.7 Å². The van der Waals surface area contributed by atoms with Crippen LogP contribution in [0.4, 0.5) is 0 Å². The third-order valence-corrected chi connectivity index (χ3v) is 4.63. The molecule has 1 aliphatic carbocycles. The summed E-state index contributed by atoms with van der Waals surface area (Å²) in [7, 11) is 1.78. The molecule has 0 heterocycles. The van der Waals surface area contributed by atoms with E-state index in [9.17, 15) is 0 Å². The zero-order valence-corrected chi connectivity index (χ0v) is 13.8. The lowest BCUT2D eigenvalue weighted by Crippen LogP contribution is -2.26. The fraction of sp³-hybridized carbons (Fsp3) is 0.667. The van der Waals surface area contributed by atoms with E-state index in [2.05, 4.69) is 52.1 Å². The standard InChI is InChI=1S/C18H29NO/c1-7-8-19-17(14-11-18(14,4)5)16-13(3)9-12(2)10-15(16)20-6/h9-10,14,17,19H,7-8,11H2,1-6H3. The van der Waals surface area contributed by atoms with Crippen LogP contribution < -0.4 is 10.1 Å². The highest BCUT2D eigenvalue weighted by molar-refractivity contribution is 5.46. The van der Waals surface area contributed by atoms with E-state index in [1.807, 2.05) is 0 Å². The molecule has 2 rings (SSSR count). The summed E-state index contributed by atoms with van der Waals surface area (Å²) in [6, 6.07) is 4.85. The van der Waals surface area contributed by atoms with Gasteiger partial charge in [-0.25, -0.2) is 0 Å². The van der Waals surface area contributed by atoms with Gasteiger partial charge < -0.3 is 10.1 Å². The van der Waals surface area contributed by atoms with Crippen LogP contribution in [-0.4, -0.2) is 13.7 Å². The number of aryl methyl sites for hydroxylation is 2. The van der Waals surface area contributed by atoms with Crippen molar-refractivity contribution in [1.29, 1.82) is 0 Å². The monoisotopic (exact) mass is 275 g/mol. The van der Waals surface area contributed by atoms with Crippen LogP contribution in [0.2, 0.25) is 0 Å². The molecule has 2 heteroatoms. The minimum atomic E-state index is 0.417. The maximum absolute atomic E-state index is 5.67. The molecule has 0 aliphatic heterocycles. The van der Waals surface area contributed by atoms with Crippen molar-refractivity contribution in [3.63, 3.8) is 0 Å². The Morgan fingerprint density at radius 3 is 2.50 bits per heavy atom. The smallest absolute Gasteiger partial charge is 0.124 e. The molecule has 1 saturated carbocycles. The quantitative estimate of drug-likeness (QED) is 0.831. The fourth-order valence-electron chi connectivity index (χ4n) is 3.33. The highest BCUT2D eigenvalue weighted by Gasteiger charge is 2.51. The van der Waals surface area contributed by atoms with Crippen LogP contribution in [0.15, 0.2) is 12.1 Å². The van der Waals surface area contributed by atoms with Gasteiger partial charge in [0, 0.05) is 11.6 Å². The van der Waals surface area contributed by atoms with E-state index in [1.54, 1.807) is 7.11 Å². The maximum Gasteiger partial charge on any atom is 0.124 e. The first kappa shape index (κ1) is 15.4. The predicted octanol–water partition coefficient (Wildman–Crippen LogP) is 4.40. The van der Waals surface area contributed by atoms with E-state index in [0.29, 0.717) is 17.4 Å². The van der Waals surface area contributed by atoms with Gasteiger partial charge >= 0.3 is 0 Å². The molecule has 1 aliphatic rings. The number of methoxy groups -OCH3 is 1. The lowest BCUT2D eigenvalue weighted by atomic mass is 9.91. The largest absolute Gasteiger partial charge is 0.496 e. The Kier molecular flexibility index (Phi) is 4.43. The molecule has 20 heavy (non-hydrogen) atoms. The average molecular weight is 275 g/mol. The summed E-state index contributed by atoms with van der Waals surface area (Å²) in [4.78, 5) is 0. The first-order valence-corrected chi connectivity index (χ1v) is 7.79. The number of hydrogen-bond acceptors (Lipinski definition) is 2. The van der Waals surface area contributed by atoms with Gasteiger partial charge in [0.1, 0.15) is 5.75 Å². The molecular weight excluding hydrogens is 246 g/mol. The normalized spacial score (nSPS) is 21.6. The summed E-state index contributed by atoms with van der Waals surface area (Å²) >= 11 is 0. The molecule has 1 fully saturated rings. The van der Waals surface area contributed by atoms with Crippen LogP contribution in [0.3, 0.4) is 0 Å². The Labute approximate surface area is 123 Å². The van der Waals surface area contributed by atoms with E-state index in [-0.39, 0.29) is 0 Å². The Bertz CT molecular complexity index is 479.